The van der Waals surface area contributed by atoms with E-state index in [0.717, 1.165) is 5.56 Å². The van der Waals surface area contributed by atoms with Crippen LogP contribution in [0.4, 0.5) is 4.39 Å². The number of nitrogens with one attached hydrogen (secondary N) is 1. The highest BCUT2D eigenvalue weighted by molar-refractivity contribution is 6.30. The molecule has 0 spiro atoms. The number of hydrogen-bond acceptors (Lipinski definition) is 1. The van der Waals surface area contributed by atoms with Crippen LogP contribution >= 0.6 is 11.6 Å². The van der Waals surface area contributed by atoms with Crippen LogP contribution in [0.3, 0.4) is 0 Å². The third kappa shape index (κ3) is 2.55. The minimum absolute atomic E-state index is 0.160. The fourth-order valence-electron chi connectivity index (χ4n) is 2.05. The maximum absolute atomic E-state index is 14.1. The Bertz CT molecular complexity index is 537. The van der Waals surface area contributed by atoms with Crippen LogP contribution in [-0.4, -0.2) is 7.05 Å². The van der Waals surface area contributed by atoms with Crippen molar-refractivity contribution in [2.45, 2.75) is 13.0 Å². The minimum Gasteiger partial charge on any atom is -0.309 e. The summed E-state index contributed by atoms with van der Waals surface area (Å²) in [5.41, 5.74) is 2.30. The molecular weight excluding hydrogens is 249 g/mol. The molecule has 0 aromatic heterocycles. The second-order valence-corrected chi connectivity index (χ2v) is 4.69. The van der Waals surface area contributed by atoms with E-state index in [0.29, 0.717) is 16.1 Å². The van der Waals surface area contributed by atoms with Crippen LogP contribution in [0.1, 0.15) is 22.7 Å². The van der Waals surface area contributed by atoms with Gasteiger partial charge in [-0.2, -0.15) is 0 Å². The molecular formula is C15H15ClFN. The van der Waals surface area contributed by atoms with Gasteiger partial charge in [-0.3, -0.25) is 0 Å². The molecule has 1 atom stereocenters. The summed E-state index contributed by atoms with van der Waals surface area (Å²) in [6, 6.07) is 12.7. The van der Waals surface area contributed by atoms with Gasteiger partial charge < -0.3 is 5.32 Å². The van der Waals surface area contributed by atoms with E-state index in [4.69, 9.17) is 11.6 Å². The zero-order valence-electron chi connectivity index (χ0n) is 10.4. The summed E-state index contributed by atoms with van der Waals surface area (Å²) in [6.45, 7) is 1.77. The van der Waals surface area contributed by atoms with Crippen molar-refractivity contribution in [2.24, 2.45) is 0 Å². The van der Waals surface area contributed by atoms with Crippen molar-refractivity contribution < 1.29 is 4.39 Å². The molecule has 2 rings (SSSR count). The van der Waals surface area contributed by atoms with E-state index >= 15 is 0 Å². The fourth-order valence-corrected chi connectivity index (χ4v) is 2.18. The highest BCUT2D eigenvalue weighted by atomic mass is 35.5. The number of halogens is 2. The topological polar surface area (TPSA) is 12.0 Å². The van der Waals surface area contributed by atoms with Gasteiger partial charge in [0.05, 0.1) is 6.04 Å². The van der Waals surface area contributed by atoms with Crippen LogP contribution in [-0.2, 0) is 0 Å². The molecule has 1 N–H and O–H groups in total. The molecule has 1 unspecified atom stereocenters. The Kier molecular flexibility index (Phi) is 4.00. The Labute approximate surface area is 112 Å². The van der Waals surface area contributed by atoms with Crippen LogP contribution < -0.4 is 5.32 Å². The molecule has 0 aliphatic heterocycles. The highest BCUT2D eigenvalue weighted by Crippen LogP contribution is 2.26. The summed E-state index contributed by atoms with van der Waals surface area (Å²) >= 11 is 5.87. The Hall–Kier alpha value is -1.38. The van der Waals surface area contributed by atoms with Gasteiger partial charge in [0.25, 0.3) is 0 Å². The molecule has 0 saturated heterocycles. The van der Waals surface area contributed by atoms with E-state index in [1.165, 1.54) is 0 Å². The monoisotopic (exact) mass is 263 g/mol. The second kappa shape index (κ2) is 5.51. The van der Waals surface area contributed by atoms with Crippen molar-refractivity contribution in [3.8, 4) is 0 Å². The number of aryl methyl sites for hydroxylation is 1. The van der Waals surface area contributed by atoms with Gasteiger partial charge in [0.1, 0.15) is 5.82 Å². The average Bonchev–Trinajstić information content (AvgIpc) is 2.37. The third-order valence-corrected chi connectivity index (χ3v) is 3.28. The van der Waals surface area contributed by atoms with Gasteiger partial charge in [0, 0.05) is 10.6 Å². The second-order valence-electron chi connectivity index (χ2n) is 4.25. The largest absolute Gasteiger partial charge is 0.309 e. The Morgan fingerprint density at radius 3 is 2.39 bits per heavy atom. The van der Waals surface area contributed by atoms with Gasteiger partial charge in [-0.15, -0.1) is 0 Å². The van der Waals surface area contributed by atoms with Gasteiger partial charge in [-0.05, 0) is 37.2 Å². The quantitative estimate of drug-likeness (QED) is 0.879. The first-order valence-corrected chi connectivity index (χ1v) is 6.19. The van der Waals surface area contributed by atoms with Crippen molar-refractivity contribution >= 4 is 11.6 Å². The summed E-state index contributed by atoms with van der Waals surface area (Å²) in [4.78, 5) is 0. The normalized spacial score (nSPS) is 12.4. The molecule has 1 nitrogen and oxygen atoms in total. The number of benzene rings is 2. The molecule has 0 aliphatic carbocycles. The van der Waals surface area contributed by atoms with Gasteiger partial charge in [0.2, 0.25) is 0 Å². The fraction of sp³-hybridized carbons (Fsp3) is 0.200. The minimum atomic E-state index is -0.165. The predicted molar refractivity (Wildman–Crippen MR) is 73.5 cm³/mol. The van der Waals surface area contributed by atoms with E-state index in [2.05, 4.69) is 5.32 Å². The molecule has 0 radical (unpaired) electrons. The van der Waals surface area contributed by atoms with E-state index in [1.807, 2.05) is 37.4 Å². The van der Waals surface area contributed by atoms with Crippen molar-refractivity contribution in [1.82, 2.24) is 5.32 Å². The van der Waals surface area contributed by atoms with E-state index < -0.39 is 0 Å². The summed E-state index contributed by atoms with van der Waals surface area (Å²) in [6.07, 6.45) is 0. The van der Waals surface area contributed by atoms with E-state index in [-0.39, 0.29) is 11.9 Å². The summed E-state index contributed by atoms with van der Waals surface area (Å²) in [5, 5.41) is 3.82. The standard InChI is InChI=1S/C15H15ClFN/c1-10-4-3-5-13(14(10)17)15(18-2)11-6-8-12(16)9-7-11/h3-9,15,18H,1-2H3. The molecule has 0 fully saturated rings. The van der Waals surface area contributed by atoms with E-state index in [1.54, 1.807) is 19.1 Å². The average molecular weight is 264 g/mol. The van der Waals surface area contributed by atoms with Crippen molar-refractivity contribution in [1.29, 1.82) is 0 Å². The lowest BCUT2D eigenvalue weighted by Gasteiger charge is -2.18. The molecule has 0 saturated carbocycles. The first kappa shape index (κ1) is 13.1. The smallest absolute Gasteiger partial charge is 0.131 e. The first-order valence-electron chi connectivity index (χ1n) is 5.81. The number of rotatable bonds is 3. The lowest BCUT2D eigenvalue weighted by Crippen LogP contribution is -2.19. The van der Waals surface area contributed by atoms with E-state index in [9.17, 15) is 4.39 Å². The van der Waals surface area contributed by atoms with Crippen LogP contribution in [0, 0.1) is 12.7 Å². The molecule has 0 heterocycles. The van der Waals surface area contributed by atoms with Gasteiger partial charge >= 0.3 is 0 Å². The zero-order valence-corrected chi connectivity index (χ0v) is 11.1. The lowest BCUT2D eigenvalue weighted by molar-refractivity contribution is 0.569. The van der Waals surface area contributed by atoms with Gasteiger partial charge in [-0.25, -0.2) is 4.39 Å². The Balaban J connectivity index is 2.45. The van der Waals surface area contributed by atoms with Crippen LogP contribution in [0.2, 0.25) is 5.02 Å². The van der Waals surface area contributed by atoms with Crippen LogP contribution in [0.25, 0.3) is 0 Å². The third-order valence-electron chi connectivity index (χ3n) is 3.02. The summed E-state index contributed by atoms with van der Waals surface area (Å²) < 4.78 is 14.1. The summed E-state index contributed by atoms with van der Waals surface area (Å²) in [7, 11) is 1.82. The number of hydrogen-bond donors (Lipinski definition) is 1. The van der Waals surface area contributed by atoms with Crippen LogP contribution in [0.5, 0.6) is 0 Å². The van der Waals surface area contributed by atoms with Crippen molar-refractivity contribution in [3.05, 3.63) is 70.0 Å². The molecule has 0 aliphatic rings. The Morgan fingerprint density at radius 1 is 1.11 bits per heavy atom. The van der Waals surface area contributed by atoms with Crippen molar-refractivity contribution in [3.63, 3.8) is 0 Å². The van der Waals surface area contributed by atoms with Crippen molar-refractivity contribution in [2.75, 3.05) is 7.05 Å². The molecule has 2 aromatic rings. The molecule has 2 aromatic carbocycles. The van der Waals surface area contributed by atoms with Crippen LogP contribution in [0.15, 0.2) is 42.5 Å². The molecule has 94 valence electrons. The Morgan fingerprint density at radius 2 is 1.78 bits per heavy atom. The van der Waals surface area contributed by atoms with Gasteiger partial charge in [0.15, 0.2) is 0 Å². The maximum atomic E-state index is 14.1. The molecule has 0 bridgehead atoms. The highest BCUT2D eigenvalue weighted by Gasteiger charge is 2.16. The summed E-state index contributed by atoms with van der Waals surface area (Å²) in [5.74, 6) is -0.160. The molecule has 18 heavy (non-hydrogen) atoms. The lowest BCUT2D eigenvalue weighted by atomic mass is 9.97. The predicted octanol–water partition coefficient (Wildman–Crippen LogP) is 4.10. The zero-order chi connectivity index (χ0) is 13.1. The molecule has 0 amide bonds. The first-order chi connectivity index (χ1) is 8.63. The van der Waals surface area contributed by atoms with Gasteiger partial charge in [-0.1, -0.05) is 41.9 Å². The molecule has 3 heteroatoms. The SMILES string of the molecule is CNC(c1ccc(Cl)cc1)c1cccc(C)c1F. The maximum Gasteiger partial charge on any atom is 0.131 e.